The molecule has 1 aromatic heterocycles. The van der Waals surface area contributed by atoms with Crippen LogP contribution >= 0.6 is 11.3 Å². The van der Waals surface area contributed by atoms with Crippen molar-refractivity contribution in [3.05, 3.63) is 65.2 Å². The van der Waals surface area contributed by atoms with Gasteiger partial charge in [0.15, 0.2) is 5.13 Å². The Labute approximate surface area is 177 Å². The van der Waals surface area contributed by atoms with Gasteiger partial charge in [0.05, 0.1) is 12.1 Å². The van der Waals surface area contributed by atoms with Crippen LogP contribution in [0.3, 0.4) is 0 Å². The van der Waals surface area contributed by atoms with E-state index in [0.717, 1.165) is 5.56 Å². The Morgan fingerprint density at radius 2 is 1.40 bits per heavy atom. The number of carbonyl (C=O) groups excluding carboxylic acids is 3. The quantitative estimate of drug-likeness (QED) is 0.475. The molecule has 154 valence electrons. The molecular formula is C21H21N5O3S. The minimum absolute atomic E-state index is 0.0746. The van der Waals surface area contributed by atoms with Crippen molar-refractivity contribution >= 4 is 51.4 Å². The van der Waals surface area contributed by atoms with Crippen molar-refractivity contribution in [1.82, 2.24) is 4.98 Å². The summed E-state index contributed by atoms with van der Waals surface area (Å²) in [5.74, 6) is -0.393. The first-order chi connectivity index (χ1) is 14.4. The number of benzene rings is 2. The molecular weight excluding hydrogens is 402 g/mol. The highest BCUT2D eigenvalue weighted by Crippen LogP contribution is 2.18. The summed E-state index contributed by atoms with van der Waals surface area (Å²) in [6.07, 6.45) is 0.0746. The van der Waals surface area contributed by atoms with Crippen molar-refractivity contribution in [2.75, 3.05) is 21.3 Å². The highest BCUT2D eigenvalue weighted by Gasteiger charge is 2.10. The molecule has 3 rings (SSSR count). The van der Waals surface area contributed by atoms with E-state index in [0.29, 0.717) is 27.9 Å². The van der Waals surface area contributed by atoms with Crippen LogP contribution in [0.5, 0.6) is 0 Å². The topological polar surface area (TPSA) is 112 Å². The van der Waals surface area contributed by atoms with Crippen LogP contribution in [0.15, 0.2) is 53.9 Å². The van der Waals surface area contributed by atoms with Gasteiger partial charge in [-0.25, -0.2) is 9.78 Å². The molecule has 0 spiro atoms. The van der Waals surface area contributed by atoms with Gasteiger partial charge in [0.1, 0.15) is 0 Å². The van der Waals surface area contributed by atoms with Gasteiger partial charge in [-0.1, -0.05) is 17.7 Å². The second-order valence-corrected chi connectivity index (χ2v) is 7.43. The first kappa shape index (κ1) is 21.0. The number of hydrogen-bond acceptors (Lipinski definition) is 5. The largest absolute Gasteiger partial charge is 0.326 e. The summed E-state index contributed by atoms with van der Waals surface area (Å²) in [6.45, 7) is 3.40. The number of thiazole rings is 1. The first-order valence-electron chi connectivity index (χ1n) is 9.14. The van der Waals surface area contributed by atoms with E-state index in [4.69, 9.17) is 0 Å². The van der Waals surface area contributed by atoms with Gasteiger partial charge >= 0.3 is 6.03 Å². The lowest BCUT2D eigenvalue weighted by molar-refractivity contribution is -0.116. The van der Waals surface area contributed by atoms with Crippen LogP contribution in [0.1, 0.15) is 18.2 Å². The highest BCUT2D eigenvalue weighted by molar-refractivity contribution is 7.14. The molecule has 0 atom stereocenters. The minimum Gasteiger partial charge on any atom is -0.326 e. The Morgan fingerprint density at radius 3 is 2.03 bits per heavy atom. The molecule has 0 bridgehead atoms. The summed E-state index contributed by atoms with van der Waals surface area (Å²) >= 11 is 1.24. The van der Waals surface area contributed by atoms with Crippen LogP contribution in [0.25, 0.3) is 0 Å². The Hall–Kier alpha value is -3.72. The molecule has 0 aliphatic carbocycles. The molecule has 0 fully saturated rings. The predicted molar refractivity (Wildman–Crippen MR) is 119 cm³/mol. The second-order valence-electron chi connectivity index (χ2n) is 6.57. The number of rotatable bonds is 6. The van der Waals surface area contributed by atoms with Crippen molar-refractivity contribution in [3.8, 4) is 0 Å². The van der Waals surface area contributed by atoms with Gasteiger partial charge < -0.3 is 16.0 Å². The number of urea groups is 1. The van der Waals surface area contributed by atoms with E-state index in [9.17, 15) is 14.4 Å². The fourth-order valence-corrected chi connectivity index (χ4v) is 3.26. The molecule has 0 aliphatic heterocycles. The molecule has 4 N–H and O–H groups in total. The van der Waals surface area contributed by atoms with Gasteiger partial charge in [0.25, 0.3) is 0 Å². The summed E-state index contributed by atoms with van der Waals surface area (Å²) in [4.78, 5) is 39.6. The van der Waals surface area contributed by atoms with Gasteiger partial charge in [0.2, 0.25) is 11.8 Å². The number of aromatic nitrogens is 1. The predicted octanol–water partition coefficient (Wildman–Crippen LogP) is 4.24. The van der Waals surface area contributed by atoms with Gasteiger partial charge in [-0.2, -0.15) is 0 Å². The summed E-state index contributed by atoms with van der Waals surface area (Å²) in [6, 6.07) is 13.8. The monoisotopic (exact) mass is 423 g/mol. The standard InChI is InChI=1S/C21H21N5O3S/c1-13-3-5-17(6-4-13)24-20(29)26-21-25-18(12-30-21)11-19(28)23-16-9-7-15(8-10-16)22-14(2)27/h3-10,12H,11H2,1-2H3,(H,22,27)(H,23,28)(H2,24,25,26,29). The van der Waals surface area contributed by atoms with E-state index in [2.05, 4.69) is 26.3 Å². The normalized spacial score (nSPS) is 10.2. The third kappa shape index (κ3) is 6.42. The fourth-order valence-electron chi connectivity index (χ4n) is 2.55. The number of anilines is 4. The van der Waals surface area contributed by atoms with Crippen molar-refractivity contribution in [2.45, 2.75) is 20.3 Å². The molecule has 9 heteroatoms. The fraction of sp³-hybridized carbons (Fsp3) is 0.143. The number of hydrogen-bond donors (Lipinski definition) is 4. The zero-order valence-corrected chi connectivity index (χ0v) is 17.3. The molecule has 8 nitrogen and oxygen atoms in total. The smallest absolute Gasteiger partial charge is 0.325 e. The summed E-state index contributed by atoms with van der Waals surface area (Å²) in [5.41, 5.74) is 3.60. The molecule has 0 saturated heterocycles. The van der Waals surface area contributed by atoms with E-state index in [-0.39, 0.29) is 18.2 Å². The molecule has 0 radical (unpaired) electrons. The van der Waals surface area contributed by atoms with Gasteiger partial charge in [0, 0.05) is 29.4 Å². The van der Waals surface area contributed by atoms with E-state index < -0.39 is 6.03 Å². The molecule has 3 aromatic rings. The highest BCUT2D eigenvalue weighted by atomic mass is 32.1. The zero-order chi connectivity index (χ0) is 21.5. The van der Waals surface area contributed by atoms with Crippen LogP contribution in [-0.4, -0.2) is 22.8 Å². The zero-order valence-electron chi connectivity index (χ0n) is 16.5. The molecule has 0 saturated carbocycles. The van der Waals surface area contributed by atoms with Crippen molar-refractivity contribution in [2.24, 2.45) is 0 Å². The van der Waals surface area contributed by atoms with E-state index >= 15 is 0 Å². The maximum atomic E-state index is 12.2. The lowest BCUT2D eigenvalue weighted by atomic mass is 10.2. The Morgan fingerprint density at radius 1 is 0.833 bits per heavy atom. The summed E-state index contributed by atoms with van der Waals surface area (Å²) in [7, 11) is 0. The number of aryl methyl sites for hydroxylation is 1. The summed E-state index contributed by atoms with van der Waals surface area (Å²) in [5, 5.41) is 12.9. The van der Waals surface area contributed by atoms with Crippen molar-refractivity contribution in [1.29, 1.82) is 0 Å². The third-order valence-electron chi connectivity index (χ3n) is 3.91. The van der Waals surface area contributed by atoms with Crippen LogP contribution in [0.2, 0.25) is 0 Å². The summed E-state index contributed by atoms with van der Waals surface area (Å²) < 4.78 is 0. The average Bonchev–Trinajstić information content (AvgIpc) is 3.11. The Balaban J connectivity index is 1.49. The first-order valence-corrected chi connectivity index (χ1v) is 10.0. The molecule has 0 unspecified atom stereocenters. The second kappa shape index (κ2) is 9.66. The maximum absolute atomic E-state index is 12.2. The molecule has 4 amide bonds. The average molecular weight is 423 g/mol. The Kier molecular flexibility index (Phi) is 6.76. The SMILES string of the molecule is CC(=O)Nc1ccc(NC(=O)Cc2csc(NC(=O)Nc3ccc(C)cc3)n2)cc1. The van der Waals surface area contributed by atoms with E-state index in [1.807, 2.05) is 31.2 Å². The van der Waals surface area contributed by atoms with Gasteiger partial charge in [-0.15, -0.1) is 11.3 Å². The minimum atomic E-state index is -0.400. The van der Waals surface area contributed by atoms with E-state index in [1.165, 1.54) is 18.3 Å². The number of carbonyl (C=O) groups is 3. The van der Waals surface area contributed by atoms with Gasteiger partial charge in [-0.3, -0.25) is 14.9 Å². The number of amides is 4. The lowest BCUT2D eigenvalue weighted by Crippen LogP contribution is -2.19. The molecule has 2 aromatic carbocycles. The van der Waals surface area contributed by atoms with Crippen molar-refractivity contribution < 1.29 is 14.4 Å². The lowest BCUT2D eigenvalue weighted by Gasteiger charge is -2.06. The van der Waals surface area contributed by atoms with Crippen LogP contribution in [0, 0.1) is 6.92 Å². The number of nitrogens with zero attached hydrogens (tertiary/aromatic N) is 1. The third-order valence-corrected chi connectivity index (χ3v) is 4.72. The van der Waals surface area contributed by atoms with Gasteiger partial charge in [-0.05, 0) is 43.3 Å². The van der Waals surface area contributed by atoms with Crippen molar-refractivity contribution in [3.63, 3.8) is 0 Å². The van der Waals surface area contributed by atoms with Crippen LogP contribution < -0.4 is 21.3 Å². The van der Waals surface area contributed by atoms with Crippen LogP contribution in [-0.2, 0) is 16.0 Å². The molecule has 1 heterocycles. The molecule has 30 heavy (non-hydrogen) atoms. The van der Waals surface area contributed by atoms with E-state index in [1.54, 1.807) is 29.6 Å². The Bertz CT molecular complexity index is 1050. The van der Waals surface area contributed by atoms with Crippen LogP contribution in [0.4, 0.5) is 27.0 Å². The number of nitrogens with one attached hydrogen (secondary N) is 4. The molecule has 0 aliphatic rings. The maximum Gasteiger partial charge on any atom is 0.325 e.